The van der Waals surface area contributed by atoms with Crippen molar-refractivity contribution in [3.8, 4) is 11.8 Å². The van der Waals surface area contributed by atoms with Crippen molar-refractivity contribution in [2.24, 2.45) is 0 Å². The van der Waals surface area contributed by atoms with Gasteiger partial charge in [-0.2, -0.15) is 9.94 Å². The number of tetrazole rings is 1. The monoisotopic (exact) mass is 406 g/mol. The summed E-state index contributed by atoms with van der Waals surface area (Å²) >= 11 is 2.63. The van der Waals surface area contributed by atoms with Gasteiger partial charge < -0.3 is 5.11 Å². The van der Waals surface area contributed by atoms with Crippen molar-refractivity contribution in [2.45, 2.75) is 12.1 Å². The van der Waals surface area contributed by atoms with Crippen LogP contribution in [0.5, 0.6) is 0 Å². The van der Waals surface area contributed by atoms with Crippen LogP contribution in [0.2, 0.25) is 0 Å². The number of fused-ring (bicyclic) bond motifs is 1. The molecule has 0 atom stereocenters. The Morgan fingerprint density at radius 1 is 1.21 bits per heavy atom. The molecular weight excluding hydrogens is 392 g/mol. The molecule has 2 aromatic carbocycles. The van der Waals surface area contributed by atoms with Gasteiger partial charge in [-0.15, -0.1) is 16.4 Å². The lowest BCUT2D eigenvalue weighted by Gasteiger charge is -2.07. The number of hydrogen-bond donors (Lipinski definition) is 1. The molecule has 0 aliphatic rings. The number of aromatic nitrogens is 5. The smallest absolute Gasteiger partial charge is 0.214 e. The van der Waals surface area contributed by atoms with Gasteiger partial charge in [0.25, 0.3) is 0 Å². The van der Waals surface area contributed by atoms with Crippen LogP contribution in [0, 0.1) is 18.3 Å². The quantitative estimate of drug-likeness (QED) is 0.302. The summed E-state index contributed by atoms with van der Waals surface area (Å²) < 4.78 is 2.59. The number of aliphatic hydroxyl groups is 1. The van der Waals surface area contributed by atoms with Gasteiger partial charge in [0, 0.05) is 0 Å². The molecule has 7 nitrogen and oxygen atoms in total. The van der Waals surface area contributed by atoms with Gasteiger partial charge in [-0.25, -0.2) is 4.98 Å². The highest BCUT2D eigenvalue weighted by atomic mass is 32.2. The van der Waals surface area contributed by atoms with E-state index in [0.29, 0.717) is 10.2 Å². The van der Waals surface area contributed by atoms with E-state index in [1.807, 2.05) is 55.5 Å². The van der Waals surface area contributed by atoms with Crippen LogP contribution in [0.1, 0.15) is 10.6 Å². The first-order valence-corrected chi connectivity index (χ1v) is 10.1. The topological polar surface area (TPSA) is 101 Å². The van der Waals surface area contributed by atoms with Gasteiger partial charge in [0.1, 0.15) is 22.4 Å². The van der Waals surface area contributed by atoms with E-state index in [1.54, 1.807) is 4.68 Å². The molecule has 4 aromatic rings. The first-order chi connectivity index (χ1) is 13.7. The Balaban J connectivity index is 1.60. The third-order valence-corrected chi connectivity index (χ3v) is 6.02. The second-order valence-corrected chi connectivity index (χ2v) is 7.84. The number of allylic oxidation sites excluding steroid dienone is 1. The average molecular weight is 406 g/mol. The van der Waals surface area contributed by atoms with E-state index in [9.17, 15) is 10.4 Å². The van der Waals surface area contributed by atoms with E-state index in [4.69, 9.17) is 0 Å². The molecule has 0 saturated heterocycles. The molecule has 138 valence electrons. The van der Waals surface area contributed by atoms with Gasteiger partial charge >= 0.3 is 0 Å². The number of nitriles is 1. The fourth-order valence-corrected chi connectivity index (χ4v) is 4.39. The van der Waals surface area contributed by atoms with E-state index in [2.05, 4.69) is 26.6 Å². The molecule has 1 N–H and O–H groups in total. The zero-order valence-electron chi connectivity index (χ0n) is 14.8. The molecule has 0 aliphatic carbocycles. The minimum absolute atomic E-state index is 0.0501. The maximum atomic E-state index is 10.5. The van der Waals surface area contributed by atoms with Gasteiger partial charge in [0.15, 0.2) is 0 Å². The molecule has 0 radical (unpaired) electrons. The number of rotatable bonds is 5. The number of para-hydroxylation sites is 2. The highest BCUT2D eigenvalue weighted by Gasteiger charge is 2.16. The van der Waals surface area contributed by atoms with Crippen LogP contribution in [-0.4, -0.2) is 36.1 Å². The summed E-state index contributed by atoms with van der Waals surface area (Å²) in [4.78, 5) is 4.45. The normalized spacial score (nSPS) is 12.0. The molecule has 9 heteroatoms. The number of thiazole rings is 1. The SMILES string of the molecule is Cc1ccccc1-n1nnnc1SC/C(O)=C(\C#N)c1nc2ccccc2s1. The van der Waals surface area contributed by atoms with Crippen molar-refractivity contribution in [1.82, 2.24) is 25.2 Å². The Kier molecular flexibility index (Phi) is 5.06. The molecule has 0 unspecified atom stereocenters. The molecule has 0 amide bonds. The highest BCUT2D eigenvalue weighted by Crippen LogP contribution is 2.30. The summed E-state index contributed by atoms with van der Waals surface area (Å²) in [6.45, 7) is 1.98. The van der Waals surface area contributed by atoms with Crippen LogP contribution in [0.25, 0.3) is 21.5 Å². The zero-order chi connectivity index (χ0) is 19.5. The van der Waals surface area contributed by atoms with Crippen LogP contribution in [0.4, 0.5) is 0 Å². The zero-order valence-corrected chi connectivity index (χ0v) is 16.4. The first kappa shape index (κ1) is 18.2. The summed E-state index contributed by atoms with van der Waals surface area (Å²) in [6.07, 6.45) is 0. The lowest BCUT2D eigenvalue weighted by Crippen LogP contribution is -2.02. The van der Waals surface area contributed by atoms with Gasteiger partial charge in [0.05, 0.1) is 21.7 Å². The Morgan fingerprint density at radius 3 is 2.79 bits per heavy atom. The number of aliphatic hydroxyl groups excluding tert-OH is 1. The highest BCUT2D eigenvalue weighted by molar-refractivity contribution is 7.99. The van der Waals surface area contributed by atoms with Crippen molar-refractivity contribution < 1.29 is 5.11 Å². The number of nitrogens with zero attached hydrogens (tertiary/aromatic N) is 6. The molecule has 2 heterocycles. The van der Waals surface area contributed by atoms with E-state index in [-0.39, 0.29) is 17.1 Å². The number of thioether (sulfide) groups is 1. The minimum atomic E-state index is -0.0501. The third-order valence-electron chi connectivity index (χ3n) is 4.03. The fourth-order valence-electron chi connectivity index (χ4n) is 2.64. The van der Waals surface area contributed by atoms with Gasteiger partial charge in [-0.05, 0) is 41.1 Å². The molecule has 4 rings (SSSR count). The lowest BCUT2D eigenvalue weighted by molar-refractivity contribution is 0.420. The summed E-state index contributed by atoms with van der Waals surface area (Å²) in [7, 11) is 0. The molecular formula is C19H14N6OS2. The molecule has 0 fully saturated rings. The third kappa shape index (κ3) is 3.47. The average Bonchev–Trinajstić information content (AvgIpc) is 3.34. The molecule has 28 heavy (non-hydrogen) atoms. The van der Waals surface area contributed by atoms with Crippen molar-refractivity contribution in [2.75, 3.05) is 5.75 Å². The maximum Gasteiger partial charge on any atom is 0.214 e. The molecule has 0 aliphatic heterocycles. The second-order valence-electron chi connectivity index (χ2n) is 5.87. The number of aryl methyl sites for hydroxylation is 1. The molecule has 2 aromatic heterocycles. The van der Waals surface area contributed by atoms with Crippen LogP contribution >= 0.6 is 23.1 Å². The Morgan fingerprint density at radius 2 is 2.00 bits per heavy atom. The maximum absolute atomic E-state index is 10.5. The standard InChI is InChI=1S/C19H14N6OS2/c1-12-6-2-4-8-15(12)25-19(22-23-24-25)27-11-16(26)13(10-20)18-21-14-7-3-5-9-17(14)28-18/h2-9,26H,11H2,1H3/b16-13-. The number of benzene rings is 2. The van der Waals surface area contributed by atoms with Crippen molar-refractivity contribution in [1.29, 1.82) is 5.26 Å². The van der Waals surface area contributed by atoms with Crippen molar-refractivity contribution in [3.05, 3.63) is 64.9 Å². The van der Waals surface area contributed by atoms with Crippen LogP contribution in [0.3, 0.4) is 0 Å². The van der Waals surface area contributed by atoms with E-state index < -0.39 is 0 Å². The van der Waals surface area contributed by atoms with Crippen LogP contribution < -0.4 is 0 Å². The Labute approximate surface area is 169 Å². The molecule has 0 saturated carbocycles. The summed E-state index contributed by atoms with van der Waals surface area (Å²) in [5.41, 5.74) is 2.87. The van der Waals surface area contributed by atoms with Gasteiger partial charge in [0.2, 0.25) is 5.16 Å². The van der Waals surface area contributed by atoms with Crippen molar-refractivity contribution >= 4 is 38.9 Å². The van der Waals surface area contributed by atoms with Gasteiger partial charge in [-0.3, -0.25) is 0 Å². The molecule has 0 bridgehead atoms. The van der Waals surface area contributed by atoms with Crippen LogP contribution in [-0.2, 0) is 0 Å². The van der Waals surface area contributed by atoms with Gasteiger partial charge in [-0.1, -0.05) is 42.1 Å². The fraction of sp³-hybridized carbons (Fsp3) is 0.105. The first-order valence-electron chi connectivity index (χ1n) is 8.32. The number of hydrogen-bond acceptors (Lipinski definition) is 8. The van der Waals surface area contributed by atoms with E-state index >= 15 is 0 Å². The van der Waals surface area contributed by atoms with Crippen molar-refractivity contribution in [3.63, 3.8) is 0 Å². The Bertz CT molecular complexity index is 1190. The second kappa shape index (κ2) is 7.80. The van der Waals surface area contributed by atoms with E-state index in [0.717, 1.165) is 21.5 Å². The summed E-state index contributed by atoms with van der Waals surface area (Å²) in [5.74, 6) is 0.108. The minimum Gasteiger partial charge on any atom is -0.510 e. The predicted molar refractivity (Wildman–Crippen MR) is 109 cm³/mol. The van der Waals surface area contributed by atoms with E-state index in [1.165, 1.54) is 23.1 Å². The summed E-state index contributed by atoms with van der Waals surface area (Å²) in [6, 6.07) is 17.5. The lowest BCUT2D eigenvalue weighted by atomic mass is 10.2. The predicted octanol–water partition coefficient (Wildman–Crippen LogP) is 4.17. The molecule has 0 spiro atoms. The Hall–Kier alpha value is -3.22. The largest absolute Gasteiger partial charge is 0.510 e. The summed E-state index contributed by atoms with van der Waals surface area (Å²) in [5, 5.41) is 32.9. The van der Waals surface area contributed by atoms with Crippen LogP contribution in [0.15, 0.2) is 59.4 Å².